The molecule has 16 heavy (non-hydrogen) atoms. The first-order valence-electron chi connectivity index (χ1n) is 4.75. The minimum Gasteiger partial charge on any atom is -0.495 e. The highest BCUT2D eigenvalue weighted by Crippen LogP contribution is 2.33. The monoisotopic (exact) mass is 287 g/mol. The molecule has 0 unspecified atom stereocenters. The summed E-state index contributed by atoms with van der Waals surface area (Å²) in [5.41, 5.74) is 6.69. The van der Waals surface area contributed by atoms with E-state index in [4.69, 9.17) is 10.5 Å². The molecule has 4 nitrogen and oxygen atoms in total. The van der Waals surface area contributed by atoms with Crippen LogP contribution in [0.5, 0.6) is 5.75 Å². The van der Waals surface area contributed by atoms with Crippen LogP contribution >= 0.6 is 15.9 Å². The molecular weight excluding hydrogens is 274 g/mol. The van der Waals surface area contributed by atoms with Gasteiger partial charge in [-0.3, -0.25) is 4.79 Å². The summed E-state index contributed by atoms with van der Waals surface area (Å²) in [6, 6.07) is 5.10. The Morgan fingerprint density at radius 3 is 2.75 bits per heavy atom. The van der Waals surface area contributed by atoms with Crippen LogP contribution in [0.2, 0.25) is 0 Å². The van der Waals surface area contributed by atoms with Gasteiger partial charge in [-0.25, -0.2) is 0 Å². The Labute approximate surface area is 103 Å². The summed E-state index contributed by atoms with van der Waals surface area (Å²) < 4.78 is 10.6. The fourth-order valence-corrected chi connectivity index (χ4v) is 1.95. The van der Waals surface area contributed by atoms with Crippen LogP contribution in [-0.2, 0) is 9.53 Å². The van der Waals surface area contributed by atoms with Crippen molar-refractivity contribution in [2.45, 2.75) is 12.5 Å². The fraction of sp³-hybridized carbons (Fsp3) is 0.364. The lowest BCUT2D eigenvalue weighted by Gasteiger charge is -2.15. The minimum absolute atomic E-state index is 0.128. The predicted molar refractivity (Wildman–Crippen MR) is 64.3 cm³/mol. The van der Waals surface area contributed by atoms with E-state index in [9.17, 15) is 4.79 Å². The third-order valence-electron chi connectivity index (χ3n) is 2.22. The van der Waals surface area contributed by atoms with Crippen molar-refractivity contribution in [1.82, 2.24) is 0 Å². The van der Waals surface area contributed by atoms with Crippen LogP contribution in [0.15, 0.2) is 22.7 Å². The van der Waals surface area contributed by atoms with E-state index in [-0.39, 0.29) is 12.4 Å². The number of para-hydroxylation sites is 1. The van der Waals surface area contributed by atoms with Crippen molar-refractivity contribution in [3.05, 3.63) is 28.2 Å². The number of ether oxygens (including phenoxy) is 2. The first-order valence-corrected chi connectivity index (χ1v) is 5.54. The van der Waals surface area contributed by atoms with Crippen LogP contribution < -0.4 is 10.5 Å². The molecular formula is C11H14BrNO3. The average molecular weight is 288 g/mol. The van der Waals surface area contributed by atoms with Crippen molar-refractivity contribution < 1.29 is 14.3 Å². The van der Waals surface area contributed by atoms with Crippen molar-refractivity contribution in [2.24, 2.45) is 5.73 Å². The summed E-state index contributed by atoms with van der Waals surface area (Å²) in [5, 5.41) is 0. The molecule has 1 rings (SSSR count). The Hall–Kier alpha value is -1.07. The maximum absolute atomic E-state index is 11.1. The minimum atomic E-state index is -0.431. The topological polar surface area (TPSA) is 61.5 Å². The lowest BCUT2D eigenvalue weighted by molar-refractivity contribution is -0.141. The van der Waals surface area contributed by atoms with Gasteiger partial charge in [-0.2, -0.15) is 0 Å². The molecule has 0 saturated heterocycles. The summed E-state index contributed by atoms with van der Waals surface area (Å²) in [7, 11) is 2.90. The van der Waals surface area contributed by atoms with Crippen molar-refractivity contribution in [1.29, 1.82) is 0 Å². The normalized spacial score (nSPS) is 12.0. The molecule has 1 aromatic rings. The Morgan fingerprint density at radius 2 is 2.19 bits per heavy atom. The molecule has 0 radical (unpaired) electrons. The lowest BCUT2D eigenvalue weighted by atomic mass is 10.0. The number of nitrogens with two attached hydrogens (primary N) is 1. The van der Waals surface area contributed by atoms with Gasteiger partial charge in [0.15, 0.2) is 0 Å². The maximum atomic E-state index is 11.1. The molecule has 0 aliphatic heterocycles. The first kappa shape index (κ1) is 13.0. The molecule has 0 aliphatic carbocycles. The van der Waals surface area contributed by atoms with Crippen LogP contribution in [0.4, 0.5) is 0 Å². The number of hydrogen-bond acceptors (Lipinski definition) is 4. The van der Waals surface area contributed by atoms with E-state index >= 15 is 0 Å². The van der Waals surface area contributed by atoms with E-state index in [1.165, 1.54) is 7.11 Å². The zero-order chi connectivity index (χ0) is 12.1. The van der Waals surface area contributed by atoms with Crippen molar-refractivity contribution >= 4 is 21.9 Å². The van der Waals surface area contributed by atoms with Crippen LogP contribution in [0, 0.1) is 0 Å². The second-order valence-electron chi connectivity index (χ2n) is 3.25. The van der Waals surface area contributed by atoms with E-state index < -0.39 is 6.04 Å². The zero-order valence-corrected chi connectivity index (χ0v) is 10.8. The third-order valence-corrected chi connectivity index (χ3v) is 2.84. The quantitative estimate of drug-likeness (QED) is 0.861. The maximum Gasteiger partial charge on any atom is 0.307 e. The number of carbonyl (C=O) groups excluding carboxylic acids is 1. The molecule has 0 fully saturated rings. The van der Waals surface area contributed by atoms with Crippen molar-refractivity contribution in [3.8, 4) is 5.75 Å². The smallest absolute Gasteiger partial charge is 0.307 e. The molecule has 0 spiro atoms. The average Bonchev–Trinajstić information content (AvgIpc) is 2.28. The second kappa shape index (κ2) is 5.86. The highest BCUT2D eigenvalue weighted by Gasteiger charge is 2.17. The van der Waals surface area contributed by atoms with Gasteiger partial charge in [0.05, 0.1) is 25.1 Å². The predicted octanol–water partition coefficient (Wildman–Crippen LogP) is 2.02. The molecule has 0 heterocycles. The number of esters is 1. The van der Waals surface area contributed by atoms with Gasteiger partial charge < -0.3 is 15.2 Å². The van der Waals surface area contributed by atoms with Crippen molar-refractivity contribution in [3.63, 3.8) is 0 Å². The summed E-state index contributed by atoms with van der Waals surface area (Å²) in [6.07, 6.45) is 0.128. The van der Waals surface area contributed by atoms with Gasteiger partial charge in [-0.05, 0) is 22.0 Å². The second-order valence-corrected chi connectivity index (χ2v) is 4.10. The summed E-state index contributed by atoms with van der Waals surface area (Å²) in [6.45, 7) is 0. The molecule has 5 heteroatoms. The van der Waals surface area contributed by atoms with Gasteiger partial charge >= 0.3 is 5.97 Å². The Morgan fingerprint density at radius 1 is 1.50 bits per heavy atom. The standard InChI is InChI=1S/C11H14BrNO3/c1-15-10(14)6-9(13)7-4-3-5-8(12)11(7)16-2/h3-5,9H,6,13H2,1-2H3/t9-/m0/s1. The van der Waals surface area contributed by atoms with Crippen LogP contribution in [0.25, 0.3) is 0 Å². The van der Waals surface area contributed by atoms with Gasteiger partial charge in [-0.1, -0.05) is 12.1 Å². The Bertz CT molecular complexity index is 381. The first-order chi connectivity index (χ1) is 7.60. The van der Waals surface area contributed by atoms with Crippen LogP contribution in [-0.4, -0.2) is 20.2 Å². The largest absolute Gasteiger partial charge is 0.495 e. The number of rotatable bonds is 4. The summed E-state index contributed by atoms with van der Waals surface area (Å²) in [5.74, 6) is 0.313. The summed E-state index contributed by atoms with van der Waals surface area (Å²) in [4.78, 5) is 11.1. The number of benzene rings is 1. The molecule has 0 aromatic heterocycles. The van der Waals surface area contributed by atoms with E-state index in [0.717, 1.165) is 10.0 Å². The van der Waals surface area contributed by atoms with Gasteiger partial charge in [0.2, 0.25) is 0 Å². The van der Waals surface area contributed by atoms with E-state index in [2.05, 4.69) is 20.7 Å². The molecule has 0 amide bonds. The highest BCUT2D eigenvalue weighted by atomic mass is 79.9. The molecule has 0 aliphatic rings. The highest BCUT2D eigenvalue weighted by molar-refractivity contribution is 9.10. The number of hydrogen-bond donors (Lipinski definition) is 1. The van der Waals surface area contributed by atoms with Crippen molar-refractivity contribution in [2.75, 3.05) is 14.2 Å². The van der Waals surface area contributed by atoms with Gasteiger partial charge in [0.25, 0.3) is 0 Å². The molecule has 2 N–H and O–H groups in total. The molecule has 1 aromatic carbocycles. The molecule has 0 saturated carbocycles. The fourth-order valence-electron chi connectivity index (χ4n) is 1.41. The molecule has 1 atom stereocenters. The Balaban J connectivity index is 2.94. The summed E-state index contributed by atoms with van der Waals surface area (Å²) >= 11 is 3.36. The molecule has 0 bridgehead atoms. The Kier molecular flexibility index (Phi) is 4.76. The van der Waals surface area contributed by atoms with E-state index in [0.29, 0.717) is 5.75 Å². The van der Waals surface area contributed by atoms with Gasteiger partial charge in [-0.15, -0.1) is 0 Å². The van der Waals surface area contributed by atoms with E-state index in [1.54, 1.807) is 7.11 Å². The molecule has 88 valence electrons. The van der Waals surface area contributed by atoms with Crippen LogP contribution in [0.3, 0.4) is 0 Å². The van der Waals surface area contributed by atoms with Gasteiger partial charge in [0.1, 0.15) is 5.75 Å². The number of methoxy groups -OCH3 is 2. The zero-order valence-electron chi connectivity index (χ0n) is 9.20. The SMILES string of the molecule is COC(=O)C[C@H](N)c1cccc(Br)c1OC. The number of halogens is 1. The number of carbonyl (C=O) groups is 1. The van der Waals surface area contributed by atoms with E-state index in [1.807, 2.05) is 18.2 Å². The van der Waals surface area contributed by atoms with Gasteiger partial charge in [0, 0.05) is 11.6 Å². The third kappa shape index (κ3) is 2.96. The van der Waals surface area contributed by atoms with Crippen LogP contribution in [0.1, 0.15) is 18.0 Å². The lowest BCUT2D eigenvalue weighted by Crippen LogP contribution is -2.17.